The predicted octanol–water partition coefficient (Wildman–Crippen LogP) is 2.22. The zero-order valence-corrected chi connectivity index (χ0v) is 14.9. The highest BCUT2D eigenvalue weighted by atomic mass is 35.5. The van der Waals surface area contributed by atoms with Crippen molar-refractivity contribution in [1.29, 1.82) is 0 Å². The first-order valence-corrected chi connectivity index (χ1v) is 8.21. The molecule has 0 spiro atoms. The van der Waals surface area contributed by atoms with Crippen LogP contribution in [0.15, 0.2) is 42.5 Å². The normalized spacial score (nSPS) is 11.7. The fourth-order valence-corrected chi connectivity index (χ4v) is 2.49. The van der Waals surface area contributed by atoms with Gasteiger partial charge >= 0.3 is 0 Å². The number of carbonyl (C=O) groups is 2. The Hall–Kier alpha value is -2.15. The van der Waals surface area contributed by atoms with Gasteiger partial charge in [-0.2, -0.15) is 0 Å². The molecular formula is C17H17Cl2FN3O2+. The van der Waals surface area contributed by atoms with Crippen LogP contribution in [0, 0.1) is 5.82 Å². The van der Waals surface area contributed by atoms with Crippen LogP contribution in [0.3, 0.4) is 0 Å². The summed E-state index contributed by atoms with van der Waals surface area (Å²) in [6.07, 6.45) is 0. The van der Waals surface area contributed by atoms with Crippen LogP contribution in [0.25, 0.3) is 0 Å². The van der Waals surface area contributed by atoms with Gasteiger partial charge in [-0.05, 0) is 30.3 Å². The molecule has 25 heavy (non-hydrogen) atoms. The van der Waals surface area contributed by atoms with Gasteiger partial charge in [0.25, 0.3) is 11.8 Å². The fraction of sp³-hybridized carbons (Fsp3) is 0.176. The number of amides is 2. The van der Waals surface area contributed by atoms with E-state index >= 15 is 0 Å². The second-order valence-electron chi connectivity index (χ2n) is 5.51. The highest BCUT2D eigenvalue weighted by molar-refractivity contribution is 6.33. The smallest absolute Gasteiger partial charge is 0.279 e. The molecule has 0 aromatic heterocycles. The highest BCUT2D eigenvalue weighted by Gasteiger charge is 2.16. The number of likely N-dealkylation sites (N-methyl/N-ethyl adjacent to an activating group) is 1. The van der Waals surface area contributed by atoms with Crippen LogP contribution < -0.4 is 15.5 Å². The van der Waals surface area contributed by atoms with E-state index in [1.807, 2.05) is 0 Å². The molecule has 1 atom stereocenters. The molecule has 8 heteroatoms. The molecule has 5 nitrogen and oxygen atoms in total. The van der Waals surface area contributed by atoms with Crippen molar-refractivity contribution in [3.05, 3.63) is 58.3 Å². The molecule has 0 saturated carbocycles. The lowest BCUT2D eigenvalue weighted by Crippen LogP contribution is -3.11. The summed E-state index contributed by atoms with van der Waals surface area (Å²) in [6.45, 7) is 0.0553. The third-order valence-electron chi connectivity index (χ3n) is 3.28. The van der Waals surface area contributed by atoms with Crippen molar-refractivity contribution in [2.45, 2.75) is 0 Å². The van der Waals surface area contributed by atoms with Crippen molar-refractivity contribution in [3.8, 4) is 0 Å². The van der Waals surface area contributed by atoms with Crippen molar-refractivity contribution in [1.82, 2.24) is 0 Å². The molecule has 2 amide bonds. The first-order chi connectivity index (χ1) is 11.8. The summed E-state index contributed by atoms with van der Waals surface area (Å²) >= 11 is 11.6. The molecular weight excluding hydrogens is 368 g/mol. The van der Waals surface area contributed by atoms with Gasteiger partial charge < -0.3 is 15.5 Å². The molecule has 0 fully saturated rings. The third kappa shape index (κ3) is 6.01. The van der Waals surface area contributed by atoms with Gasteiger partial charge in [-0.3, -0.25) is 9.59 Å². The molecule has 3 N–H and O–H groups in total. The lowest BCUT2D eigenvalue weighted by atomic mass is 10.3. The van der Waals surface area contributed by atoms with Crippen molar-refractivity contribution in [2.75, 3.05) is 30.8 Å². The minimum Gasteiger partial charge on any atom is -0.322 e. The van der Waals surface area contributed by atoms with E-state index in [0.717, 1.165) is 6.07 Å². The number of hydrogen-bond donors (Lipinski definition) is 3. The SMILES string of the molecule is C[NH+](CC(=O)Nc1ccc(Cl)cc1F)CC(=O)Nc1ccccc1Cl. The first-order valence-electron chi connectivity index (χ1n) is 7.45. The Balaban J connectivity index is 1.84. The maximum absolute atomic E-state index is 13.7. The quantitative estimate of drug-likeness (QED) is 0.714. The molecule has 0 aliphatic rings. The summed E-state index contributed by atoms with van der Waals surface area (Å²) < 4.78 is 13.7. The molecule has 2 aromatic carbocycles. The van der Waals surface area contributed by atoms with E-state index in [1.165, 1.54) is 12.1 Å². The van der Waals surface area contributed by atoms with Gasteiger partial charge in [0.05, 0.1) is 23.4 Å². The number of benzene rings is 2. The Morgan fingerprint density at radius 3 is 2.20 bits per heavy atom. The van der Waals surface area contributed by atoms with E-state index in [-0.39, 0.29) is 29.7 Å². The number of anilines is 2. The van der Waals surface area contributed by atoms with E-state index in [2.05, 4.69) is 10.6 Å². The number of halogens is 3. The van der Waals surface area contributed by atoms with Crippen molar-refractivity contribution < 1.29 is 18.9 Å². The predicted molar refractivity (Wildman–Crippen MR) is 96.7 cm³/mol. The molecule has 0 saturated heterocycles. The molecule has 0 radical (unpaired) electrons. The van der Waals surface area contributed by atoms with Gasteiger partial charge in [0.2, 0.25) is 0 Å². The summed E-state index contributed by atoms with van der Waals surface area (Å²) in [5.41, 5.74) is 0.553. The summed E-state index contributed by atoms with van der Waals surface area (Å²) in [5.74, 6) is -1.31. The summed E-state index contributed by atoms with van der Waals surface area (Å²) in [6, 6.07) is 10.9. The van der Waals surface area contributed by atoms with E-state index in [1.54, 1.807) is 31.3 Å². The van der Waals surface area contributed by atoms with Crippen LogP contribution in [0.5, 0.6) is 0 Å². The maximum atomic E-state index is 13.7. The Morgan fingerprint density at radius 2 is 1.60 bits per heavy atom. The largest absolute Gasteiger partial charge is 0.322 e. The molecule has 0 bridgehead atoms. The second-order valence-corrected chi connectivity index (χ2v) is 6.35. The maximum Gasteiger partial charge on any atom is 0.279 e. The average Bonchev–Trinajstić information content (AvgIpc) is 2.52. The second kappa shape index (κ2) is 8.80. The number of carbonyl (C=O) groups excluding carboxylic acids is 2. The minimum absolute atomic E-state index is 0.00198. The van der Waals surface area contributed by atoms with Crippen LogP contribution in [0.2, 0.25) is 10.0 Å². The van der Waals surface area contributed by atoms with Gasteiger partial charge in [-0.15, -0.1) is 0 Å². The minimum atomic E-state index is -0.616. The fourth-order valence-electron chi connectivity index (χ4n) is 2.15. The Bertz CT molecular complexity index is 786. The molecule has 0 aliphatic carbocycles. The number of para-hydroxylation sites is 1. The van der Waals surface area contributed by atoms with Crippen molar-refractivity contribution in [2.24, 2.45) is 0 Å². The first kappa shape index (κ1) is 19.2. The monoisotopic (exact) mass is 384 g/mol. The van der Waals surface area contributed by atoms with E-state index in [4.69, 9.17) is 23.2 Å². The highest BCUT2D eigenvalue weighted by Crippen LogP contribution is 2.20. The van der Waals surface area contributed by atoms with Gasteiger partial charge in [0, 0.05) is 5.02 Å². The molecule has 0 heterocycles. The Kier molecular flexibility index (Phi) is 6.75. The number of hydrogen-bond acceptors (Lipinski definition) is 2. The molecule has 1 unspecified atom stereocenters. The Labute approximate surface area is 154 Å². The van der Waals surface area contributed by atoms with Crippen LogP contribution >= 0.6 is 23.2 Å². The van der Waals surface area contributed by atoms with E-state index in [0.29, 0.717) is 15.6 Å². The average molecular weight is 385 g/mol. The Morgan fingerprint density at radius 1 is 1.00 bits per heavy atom. The molecule has 2 aromatic rings. The number of nitrogens with one attached hydrogen (secondary N) is 3. The van der Waals surface area contributed by atoms with Gasteiger partial charge in [0.1, 0.15) is 5.82 Å². The summed E-state index contributed by atoms with van der Waals surface area (Å²) in [4.78, 5) is 24.6. The van der Waals surface area contributed by atoms with E-state index < -0.39 is 11.7 Å². The van der Waals surface area contributed by atoms with Gasteiger partial charge in [0.15, 0.2) is 13.1 Å². The summed E-state index contributed by atoms with van der Waals surface area (Å²) in [5, 5.41) is 5.82. The number of quaternary nitrogens is 1. The van der Waals surface area contributed by atoms with Crippen molar-refractivity contribution in [3.63, 3.8) is 0 Å². The molecule has 2 rings (SSSR count). The van der Waals surface area contributed by atoms with Crippen LogP contribution in [-0.4, -0.2) is 32.0 Å². The number of rotatable bonds is 6. The lowest BCUT2D eigenvalue weighted by Gasteiger charge is -2.14. The third-order valence-corrected chi connectivity index (χ3v) is 3.84. The van der Waals surface area contributed by atoms with Crippen LogP contribution in [0.1, 0.15) is 0 Å². The van der Waals surface area contributed by atoms with E-state index in [9.17, 15) is 14.0 Å². The van der Waals surface area contributed by atoms with Crippen molar-refractivity contribution >= 4 is 46.4 Å². The lowest BCUT2D eigenvalue weighted by molar-refractivity contribution is -0.862. The summed E-state index contributed by atoms with van der Waals surface area (Å²) in [7, 11) is 1.68. The van der Waals surface area contributed by atoms with Crippen LogP contribution in [0.4, 0.5) is 15.8 Å². The van der Waals surface area contributed by atoms with Gasteiger partial charge in [-0.25, -0.2) is 4.39 Å². The standard InChI is InChI=1S/C17H16Cl2FN3O2/c1-23(9-16(24)21-14-5-3-2-4-12(14)19)10-17(25)22-15-7-6-11(18)8-13(15)20/h2-8H,9-10H2,1H3,(H,21,24)(H,22,25)/p+1. The molecule has 132 valence electrons. The zero-order valence-electron chi connectivity index (χ0n) is 13.4. The van der Waals surface area contributed by atoms with Gasteiger partial charge in [-0.1, -0.05) is 35.3 Å². The topological polar surface area (TPSA) is 62.6 Å². The molecule has 0 aliphatic heterocycles. The zero-order chi connectivity index (χ0) is 18.4. The van der Waals surface area contributed by atoms with Crippen LogP contribution in [-0.2, 0) is 9.59 Å².